The van der Waals surface area contributed by atoms with E-state index in [0.29, 0.717) is 29.2 Å². The van der Waals surface area contributed by atoms with Crippen molar-refractivity contribution in [3.05, 3.63) is 36.2 Å². The van der Waals surface area contributed by atoms with Gasteiger partial charge in [-0.05, 0) is 25.0 Å². The summed E-state index contributed by atoms with van der Waals surface area (Å²) in [6.45, 7) is 1.11. The van der Waals surface area contributed by atoms with Crippen LogP contribution < -0.4 is 4.90 Å². The first-order chi connectivity index (χ1) is 12.8. The van der Waals surface area contributed by atoms with Crippen LogP contribution in [0.4, 0.5) is 19.0 Å². The molecule has 0 radical (unpaired) electrons. The first-order valence-electron chi connectivity index (χ1n) is 8.54. The largest absolute Gasteiger partial charge is 0.453 e. The van der Waals surface area contributed by atoms with E-state index in [1.54, 1.807) is 23.0 Å². The van der Waals surface area contributed by atoms with Gasteiger partial charge >= 0.3 is 6.18 Å². The molecule has 1 saturated heterocycles. The number of hydrogen-bond acceptors (Lipinski definition) is 6. The molecule has 3 aromatic rings. The number of fused-ring (bicyclic) bond motifs is 1. The Bertz CT molecular complexity index is 951. The Hall–Kier alpha value is -2.69. The highest BCUT2D eigenvalue weighted by molar-refractivity contribution is 5.46. The molecule has 1 aliphatic rings. The summed E-state index contributed by atoms with van der Waals surface area (Å²) in [4.78, 5) is 6.07. The second-order valence-electron chi connectivity index (χ2n) is 6.67. The number of alkyl halides is 3. The number of aliphatic hydroxyl groups excluding tert-OH is 1. The van der Waals surface area contributed by atoms with Crippen LogP contribution in [0.5, 0.6) is 0 Å². The molecule has 0 aliphatic carbocycles. The predicted molar refractivity (Wildman–Crippen MR) is 88.9 cm³/mol. The van der Waals surface area contributed by atoms with Gasteiger partial charge in [-0.3, -0.25) is 0 Å². The minimum Gasteiger partial charge on any atom is -0.385 e. The minimum absolute atomic E-state index is 0.0349. The van der Waals surface area contributed by atoms with Crippen LogP contribution in [0.25, 0.3) is 5.65 Å². The maximum absolute atomic E-state index is 13.1. The number of anilines is 1. The van der Waals surface area contributed by atoms with E-state index in [9.17, 15) is 18.3 Å². The van der Waals surface area contributed by atoms with Crippen molar-refractivity contribution in [1.82, 2.24) is 29.4 Å². The molecular formula is C16H18F3N7O. The summed E-state index contributed by atoms with van der Waals surface area (Å²) in [5.41, 5.74) is 0.0349. The number of hydrogen-bond donors (Lipinski definition) is 1. The molecule has 4 rings (SSSR count). The molecule has 1 N–H and O–H groups in total. The Morgan fingerprint density at radius 2 is 2.07 bits per heavy atom. The van der Waals surface area contributed by atoms with Crippen LogP contribution in [0.1, 0.15) is 30.6 Å². The highest BCUT2D eigenvalue weighted by Crippen LogP contribution is 2.31. The Labute approximate surface area is 152 Å². The summed E-state index contributed by atoms with van der Waals surface area (Å²) in [5.74, 6) is -0.283. The van der Waals surface area contributed by atoms with Gasteiger partial charge in [0.05, 0.1) is 0 Å². The molecule has 4 heterocycles. The van der Waals surface area contributed by atoms with Crippen LogP contribution in [0, 0.1) is 5.92 Å². The van der Waals surface area contributed by atoms with E-state index in [1.165, 1.54) is 6.07 Å². The van der Waals surface area contributed by atoms with Crippen molar-refractivity contribution < 1.29 is 18.3 Å². The number of aliphatic hydroxyl groups is 1. The summed E-state index contributed by atoms with van der Waals surface area (Å²) in [6.07, 6.45) is -0.409. The fourth-order valence-corrected chi connectivity index (χ4v) is 3.47. The lowest BCUT2D eigenvalue weighted by atomic mass is 9.92. The summed E-state index contributed by atoms with van der Waals surface area (Å²) >= 11 is 0. The second-order valence-corrected chi connectivity index (χ2v) is 6.67. The van der Waals surface area contributed by atoms with Gasteiger partial charge in [-0.2, -0.15) is 17.7 Å². The smallest absolute Gasteiger partial charge is 0.385 e. The van der Waals surface area contributed by atoms with Crippen LogP contribution in [0.3, 0.4) is 0 Å². The van der Waals surface area contributed by atoms with E-state index in [2.05, 4.69) is 20.3 Å². The van der Waals surface area contributed by atoms with Gasteiger partial charge in [0.25, 0.3) is 5.82 Å². The first kappa shape index (κ1) is 17.7. The highest BCUT2D eigenvalue weighted by Gasteiger charge is 2.38. The zero-order chi connectivity index (χ0) is 19.2. The van der Waals surface area contributed by atoms with Crippen molar-refractivity contribution in [1.29, 1.82) is 0 Å². The summed E-state index contributed by atoms with van der Waals surface area (Å²) in [7, 11) is 1.81. The zero-order valence-electron chi connectivity index (χ0n) is 14.5. The number of rotatable bonds is 3. The average molecular weight is 381 g/mol. The molecule has 0 amide bonds. The van der Waals surface area contributed by atoms with Crippen LogP contribution in [-0.4, -0.2) is 47.6 Å². The molecular weight excluding hydrogens is 363 g/mol. The fourth-order valence-electron chi connectivity index (χ4n) is 3.47. The maximum atomic E-state index is 13.1. The Balaban J connectivity index is 1.60. The van der Waals surface area contributed by atoms with E-state index in [1.807, 2.05) is 11.9 Å². The van der Waals surface area contributed by atoms with E-state index in [0.717, 1.165) is 12.8 Å². The van der Waals surface area contributed by atoms with Gasteiger partial charge < -0.3 is 14.6 Å². The summed E-state index contributed by atoms with van der Waals surface area (Å²) in [5, 5.41) is 21.5. The molecule has 27 heavy (non-hydrogen) atoms. The third-order valence-corrected chi connectivity index (χ3v) is 4.85. The number of halogens is 3. The van der Waals surface area contributed by atoms with Crippen LogP contribution in [0.2, 0.25) is 0 Å². The van der Waals surface area contributed by atoms with Crippen LogP contribution in [0.15, 0.2) is 24.5 Å². The number of imidazole rings is 1. The van der Waals surface area contributed by atoms with E-state index < -0.39 is 18.1 Å². The fraction of sp³-hybridized carbons (Fsp3) is 0.500. The monoisotopic (exact) mass is 381 g/mol. The number of aryl methyl sites for hydroxylation is 1. The lowest BCUT2D eigenvalue weighted by Gasteiger charge is -2.35. The van der Waals surface area contributed by atoms with Gasteiger partial charge in [0.15, 0.2) is 5.65 Å². The summed E-state index contributed by atoms with van der Waals surface area (Å²) < 4.78 is 41.7. The van der Waals surface area contributed by atoms with Crippen molar-refractivity contribution in [3.8, 4) is 0 Å². The standard InChI is InChI=1S/C16H18F3N7O/c1-24-8-6-20-14(24)13(27)10-3-2-7-25(9-10)12-5-4-11-21-22-15(16(17,18)19)26(11)23-12/h4-6,8,10,13,27H,2-3,7,9H2,1H3. The third-order valence-electron chi connectivity index (χ3n) is 4.85. The first-order valence-corrected chi connectivity index (χ1v) is 8.54. The predicted octanol–water partition coefficient (Wildman–Crippen LogP) is 1.83. The number of nitrogens with zero attached hydrogens (tertiary/aromatic N) is 7. The molecule has 8 nitrogen and oxygen atoms in total. The lowest BCUT2D eigenvalue weighted by Crippen LogP contribution is -2.39. The van der Waals surface area contributed by atoms with E-state index >= 15 is 0 Å². The Morgan fingerprint density at radius 1 is 1.26 bits per heavy atom. The Morgan fingerprint density at radius 3 is 2.78 bits per heavy atom. The normalized spacial score (nSPS) is 19.6. The quantitative estimate of drug-likeness (QED) is 0.745. The van der Waals surface area contributed by atoms with Gasteiger partial charge in [-0.25, -0.2) is 4.98 Å². The highest BCUT2D eigenvalue weighted by atomic mass is 19.4. The summed E-state index contributed by atoms with van der Waals surface area (Å²) in [6, 6.07) is 3.09. The van der Waals surface area contributed by atoms with E-state index in [-0.39, 0.29) is 11.6 Å². The Kier molecular flexibility index (Phi) is 4.25. The maximum Gasteiger partial charge on any atom is 0.453 e. The SMILES string of the molecule is Cn1ccnc1C(O)C1CCCN(c2ccc3nnc(C(F)(F)F)n3n2)C1. The molecule has 1 aliphatic heterocycles. The molecule has 3 aromatic heterocycles. The number of aromatic nitrogens is 6. The van der Waals surface area contributed by atoms with Crippen molar-refractivity contribution in [2.75, 3.05) is 18.0 Å². The van der Waals surface area contributed by atoms with Crippen LogP contribution in [-0.2, 0) is 13.2 Å². The molecule has 144 valence electrons. The third kappa shape index (κ3) is 3.22. The van der Waals surface area contributed by atoms with Crippen LogP contribution >= 0.6 is 0 Å². The van der Waals surface area contributed by atoms with Crippen molar-refractivity contribution in [3.63, 3.8) is 0 Å². The second kappa shape index (κ2) is 6.48. The van der Waals surface area contributed by atoms with Gasteiger partial charge in [0.1, 0.15) is 17.7 Å². The lowest BCUT2D eigenvalue weighted by molar-refractivity contribution is -0.146. The van der Waals surface area contributed by atoms with Crippen molar-refractivity contribution in [2.24, 2.45) is 13.0 Å². The minimum atomic E-state index is -4.64. The molecule has 0 saturated carbocycles. The molecule has 2 unspecified atom stereocenters. The average Bonchev–Trinajstić information content (AvgIpc) is 3.26. The molecule has 11 heteroatoms. The molecule has 2 atom stereocenters. The number of piperidine rings is 1. The van der Waals surface area contributed by atoms with Gasteiger partial charge in [0, 0.05) is 38.4 Å². The topological polar surface area (TPSA) is 84.4 Å². The molecule has 0 aromatic carbocycles. The van der Waals surface area contributed by atoms with E-state index in [4.69, 9.17) is 0 Å². The van der Waals surface area contributed by atoms with Gasteiger partial charge in [-0.15, -0.1) is 15.3 Å². The van der Waals surface area contributed by atoms with Gasteiger partial charge in [-0.1, -0.05) is 0 Å². The zero-order valence-corrected chi connectivity index (χ0v) is 14.5. The molecule has 0 spiro atoms. The van der Waals surface area contributed by atoms with Crippen molar-refractivity contribution in [2.45, 2.75) is 25.1 Å². The van der Waals surface area contributed by atoms with Gasteiger partial charge in [0.2, 0.25) is 0 Å². The molecule has 1 fully saturated rings. The van der Waals surface area contributed by atoms with Crippen molar-refractivity contribution >= 4 is 11.5 Å². The molecule has 0 bridgehead atoms.